The fourth-order valence-corrected chi connectivity index (χ4v) is 5.44. The molecule has 0 radical (unpaired) electrons. The molecule has 3 aliphatic heterocycles. The Kier molecular flexibility index (Phi) is 4.81. The van der Waals surface area contributed by atoms with Crippen LogP contribution in [-0.2, 0) is 14.3 Å². The van der Waals surface area contributed by atoms with Crippen molar-refractivity contribution in [3.63, 3.8) is 0 Å². The van der Waals surface area contributed by atoms with Crippen molar-refractivity contribution in [1.82, 2.24) is 4.90 Å². The molecule has 0 N–H and O–H groups in total. The number of fused-ring (bicyclic) bond motifs is 5. The van der Waals surface area contributed by atoms with Crippen LogP contribution in [0.2, 0.25) is 0 Å². The summed E-state index contributed by atoms with van der Waals surface area (Å²) in [4.78, 5) is 43.0. The van der Waals surface area contributed by atoms with E-state index in [1.807, 2.05) is 0 Å². The number of rotatable bonds is 4. The Morgan fingerprint density at radius 1 is 1.24 bits per heavy atom. The van der Waals surface area contributed by atoms with Crippen molar-refractivity contribution in [1.29, 1.82) is 0 Å². The largest absolute Gasteiger partial charge is 0.497 e. The van der Waals surface area contributed by atoms with Gasteiger partial charge in [-0.1, -0.05) is 6.07 Å². The van der Waals surface area contributed by atoms with Crippen LogP contribution >= 0.6 is 0 Å². The van der Waals surface area contributed by atoms with E-state index in [1.165, 1.54) is 30.2 Å². The van der Waals surface area contributed by atoms with Crippen LogP contribution < -0.4 is 14.4 Å². The van der Waals surface area contributed by atoms with Gasteiger partial charge in [-0.15, -0.1) is 0 Å². The molecule has 2 aromatic rings. The van der Waals surface area contributed by atoms with E-state index in [2.05, 4.69) is 0 Å². The standard InChI is InChI=1S/C24H23FN2O6/c1-4-32-21(28)19-17-12-33-18-11-15(31-3)8-9-16(18)20(17)27-23(30)26(22(29)24(19,27)2)14-7-5-6-13(25)10-14/h5-11,17,19-20H,4,12H2,1-3H3/t17-,19+,20+,24-/m1/s1. The third-order valence-corrected chi connectivity index (χ3v) is 6.83. The number of esters is 1. The maximum atomic E-state index is 13.9. The number of halogens is 1. The van der Waals surface area contributed by atoms with E-state index in [0.29, 0.717) is 17.1 Å². The van der Waals surface area contributed by atoms with Gasteiger partial charge in [-0.25, -0.2) is 14.1 Å². The Hall–Kier alpha value is -3.62. The molecule has 0 spiro atoms. The van der Waals surface area contributed by atoms with E-state index in [-0.39, 0.29) is 18.9 Å². The zero-order valence-electron chi connectivity index (χ0n) is 18.4. The number of hydrogen-bond acceptors (Lipinski definition) is 6. The highest BCUT2D eigenvalue weighted by molar-refractivity contribution is 6.24. The second-order valence-corrected chi connectivity index (χ2v) is 8.47. The van der Waals surface area contributed by atoms with Crippen LogP contribution in [0.25, 0.3) is 0 Å². The molecule has 9 heteroatoms. The fraction of sp³-hybridized carbons (Fsp3) is 0.375. The van der Waals surface area contributed by atoms with Crippen LogP contribution in [0.5, 0.6) is 11.5 Å². The highest BCUT2D eigenvalue weighted by Gasteiger charge is 2.72. The van der Waals surface area contributed by atoms with Crippen LogP contribution in [0.4, 0.5) is 14.9 Å². The van der Waals surface area contributed by atoms with Crippen LogP contribution in [0.15, 0.2) is 42.5 Å². The Bertz CT molecular complexity index is 1170. The first-order chi connectivity index (χ1) is 15.8. The minimum absolute atomic E-state index is 0.113. The molecule has 172 valence electrons. The third-order valence-electron chi connectivity index (χ3n) is 6.83. The predicted octanol–water partition coefficient (Wildman–Crippen LogP) is 3.30. The lowest BCUT2D eigenvalue weighted by molar-refractivity contribution is -0.154. The molecule has 0 unspecified atom stereocenters. The third kappa shape index (κ3) is 2.84. The van der Waals surface area contributed by atoms with E-state index >= 15 is 0 Å². The van der Waals surface area contributed by atoms with Gasteiger partial charge < -0.3 is 19.1 Å². The van der Waals surface area contributed by atoms with Crippen molar-refractivity contribution < 1.29 is 33.0 Å². The molecule has 2 fully saturated rings. The van der Waals surface area contributed by atoms with Crippen molar-refractivity contribution in [2.24, 2.45) is 11.8 Å². The number of nitrogens with zero attached hydrogens (tertiary/aromatic N) is 2. The molecule has 2 aromatic carbocycles. The van der Waals surface area contributed by atoms with Gasteiger partial charge in [0.2, 0.25) is 0 Å². The number of imide groups is 1. The summed E-state index contributed by atoms with van der Waals surface area (Å²) in [6.07, 6.45) is 0. The van der Waals surface area contributed by atoms with E-state index in [9.17, 15) is 18.8 Å². The van der Waals surface area contributed by atoms with Gasteiger partial charge in [0.1, 0.15) is 22.9 Å². The molecule has 33 heavy (non-hydrogen) atoms. The van der Waals surface area contributed by atoms with E-state index in [0.717, 1.165) is 11.0 Å². The Labute approximate surface area is 189 Å². The molecule has 3 amide bonds. The molecular formula is C24H23FN2O6. The second kappa shape index (κ2) is 7.47. The van der Waals surface area contributed by atoms with Gasteiger partial charge >= 0.3 is 12.0 Å². The van der Waals surface area contributed by atoms with Crippen LogP contribution in [-0.4, -0.2) is 48.7 Å². The molecule has 0 bridgehead atoms. The van der Waals surface area contributed by atoms with Crippen molar-refractivity contribution in [2.75, 3.05) is 25.2 Å². The Morgan fingerprint density at radius 3 is 2.73 bits per heavy atom. The summed E-state index contributed by atoms with van der Waals surface area (Å²) in [6.45, 7) is 3.52. The zero-order chi connectivity index (χ0) is 23.5. The SMILES string of the molecule is CCOC(=O)[C@@H]1[C@H]2COc3cc(OC)ccc3[C@@H]2N2C(=O)N(c3cccc(F)c3)C(=O)[C@@]12C. The smallest absolute Gasteiger partial charge is 0.332 e. The second-order valence-electron chi connectivity index (χ2n) is 8.47. The Balaban J connectivity index is 1.68. The molecule has 3 heterocycles. The summed E-state index contributed by atoms with van der Waals surface area (Å²) in [7, 11) is 1.54. The van der Waals surface area contributed by atoms with Gasteiger partial charge in [-0.2, -0.15) is 0 Å². The molecule has 3 aliphatic rings. The van der Waals surface area contributed by atoms with Crippen molar-refractivity contribution in [3.05, 3.63) is 53.8 Å². The topological polar surface area (TPSA) is 85.4 Å². The van der Waals surface area contributed by atoms with Crippen molar-refractivity contribution in [2.45, 2.75) is 25.4 Å². The lowest BCUT2D eigenvalue weighted by atomic mass is 9.77. The minimum atomic E-state index is -1.52. The Morgan fingerprint density at radius 2 is 2.03 bits per heavy atom. The first-order valence-corrected chi connectivity index (χ1v) is 10.7. The molecule has 4 atom stereocenters. The number of hydrogen-bond donors (Lipinski definition) is 0. The number of methoxy groups -OCH3 is 1. The minimum Gasteiger partial charge on any atom is -0.497 e. The average molecular weight is 454 g/mol. The number of carbonyl (C=O) groups is 3. The number of anilines is 1. The monoisotopic (exact) mass is 454 g/mol. The molecule has 5 rings (SSSR count). The molecule has 2 saturated heterocycles. The fourth-order valence-electron chi connectivity index (χ4n) is 5.44. The van der Waals surface area contributed by atoms with Crippen LogP contribution in [0, 0.1) is 17.7 Å². The van der Waals surface area contributed by atoms with Crippen LogP contribution in [0.1, 0.15) is 25.5 Å². The number of amides is 3. The van der Waals surface area contributed by atoms with Gasteiger partial charge in [0.15, 0.2) is 0 Å². The number of urea groups is 1. The normalized spacial score (nSPS) is 27.6. The molecular weight excluding hydrogens is 431 g/mol. The van der Waals surface area contributed by atoms with Gasteiger partial charge in [0.25, 0.3) is 5.91 Å². The van der Waals surface area contributed by atoms with E-state index < -0.39 is 47.1 Å². The van der Waals surface area contributed by atoms with Crippen LogP contribution in [0.3, 0.4) is 0 Å². The number of benzene rings is 2. The predicted molar refractivity (Wildman–Crippen MR) is 114 cm³/mol. The molecule has 8 nitrogen and oxygen atoms in total. The summed E-state index contributed by atoms with van der Waals surface area (Å²) in [6, 6.07) is 9.30. The summed E-state index contributed by atoms with van der Waals surface area (Å²) >= 11 is 0. The number of carbonyl (C=O) groups excluding carboxylic acids is 3. The van der Waals surface area contributed by atoms with E-state index in [4.69, 9.17) is 14.2 Å². The number of ether oxygens (including phenoxy) is 3. The van der Waals surface area contributed by atoms with Gasteiger partial charge in [-0.3, -0.25) is 9.59 Å². The first-order valence-electron chi connectivity index (χ1n) is 10.7. The van der Waals surface area contributed by atoms with Gasteiger partial charge in [-0.05, 0) is 44.2 Å². The first kappa shape index (κ1) is 21.2. The highest BCUT2D eigenvalue weighted by Crippen LogP contribution is 2.58. The summed E-state index contributed by atoms with van der Waals surface area (Å²) in [5, 5.41) is 0. The quantitative estimate of drug-likeness (QED) is 0.521. The zero-order valence-corrected chi connectivity index (χ0v) is 18.4. The van der Waals surface area contributed by atoms with Crippen molar-refractivity contribution >= 4 is 23.6 Å². The lowest BCUT2D eigenvalue weighted by Crippen LogP contribution is -2.51. The summed E-state index contributed by atoms with van der Waals surface area (Å²) < 4.78 is 30.5. The van der Waals surface area contributed by atoms with Gasteiger partial charge in [0.05, 0.1) is 38.0 Å². The maximum absolute atomic E-state index is 13.9. The molecule has 0 aliphatic carbocycles. The lowest BCUT2D eigenvalue weighted by Gasteiger charge is -2.34. The van der Waals surface area contributed by atoms with E-state index in [1.54, 1.807) is 32.0 Å². The summed E-state index contributed by atoms with van der Waals surface area (Å²) in [5.74, 6) is -2.08. The highest BCUT2D eigenvalue weighted by atomic mass is 19.1. The van der Waals surface area contributed by atoms with Crippen molar-refractivity contribution in [3.8, 4) is 11.5 Å². The molecule has 0 saturated carbocycles. The van der Waals surface area contributed by atoms with Gasteiger partial charge in [0, 0.05) is 17.5 Å². The summed E-state index contributed by atoms with van der Waals surface area (Å²) in [5.41, 5.74) is -0.732. The maximum Gasteiger partial charge on any atom is 0.332 e. The molecule has 0 aromatic heterocycles. The average Bonchev–Trinajstić information content (AvgIpc) is 3.18.